The standard InChI is InChI=1S/C20H19Cl2N4O2P/c21-16-18(17(22)20(29)26-19(16)25-10-15(24)27)28-14-7-6-13(23)9-12(14)8-11-4-2-1-3-5-11/h1-7,9H,8,10,23,29H2,(H2,24,27)(H,25,26). The zero-order valence-corrected chi connectivity index (χ0v) is 18.0. The van der Waals surface area contributed by atoms with Gasteiger partial charge in [-0.15, -0.1) is 0 Å². The molecule has 1 atom stereocenters. The number of amides is 1. The maximum Gasteiger partial charge on any atom is 0.236 e. The van der Waals surface area contributed by atoms with Gasteiger partial charge in [0.05, 0.1) is 12.0 Å². The molecule has 5 N–H and O–H groups in total. The summed E-state index contributed by atoms with van der Waals surface area (Å²) in [6, 6.07) is 15.3. The predicted octanol–water partition coefficient (Wildman–Crippen LogP) is 3.75. The lowest BCUT2D eigenvalue weighted by molar-refractivity contribution is -0.116. The smallest absolute Gasteiger partial charge is 0.236 e. The number of nitrogen functional groups attached to an aromatic ring is 1. The van der Waals surface area contributed by atoms with Crippen molar-refractivity contribution >= 4 is 55.3 Å². The van der Waals surface area contributed by atoms with Crippen LogP contribution in [0.3, 0.4) is 0 Å². The Morgan fingerprint density at radius 1 is 1.14 bits per heavy atom. The molecule has 3 rings (SSSR count). The molecule has 0 aliphatic carbocycles. The lowest BCUT2D eigenvalue weighted by atomic mass is 10.0. The van der Waals surface area contributed by atoms with Gasteiger partial charge in [0.1, 0.15) is 21.6 Å². The van der Waals surface area contributed by atoms with Crippen LogP contribution in [0.15, 0.2) is 48.5 Å². The summed E-state index contributed by atoms with van der Waals surface area (Å²) in [6.45, 7) is -0.126. The fraction of sp³-hybridized carbons (Fsp3) is 0.100. The van der Waals surface area contributed by atoms with E-state index in [0.29, 0.717) is 23.3 Å². The van der Waals surface area contributed by atoms with E-state index < -0.39 is 5.91 Å². The third kappa shape index (κ3) is 5.30. The van der Waals surface area contributed by atoms with E-state index >= 15 is 0 Å². The van der Waals surface area contributed by atoms with Gasteiger partial charge in [0, 0.05) is 17.7 Å². The molecular weight excluding hydrogens is 430 g/mol. The van der Waals surface area contributed by atoms with Gasteiger partial charge in [-0.1, -0.05) is 62.8 Å². The van der Waals surface area contributed by atoms with E-state index in [0.717, 1.165) is 11.1 Å². The number of ether oxygens (including phenoxy) is 1. The normalized spacial score (nSPS) is 10.6. The lowest BCUT2D eigenvalue weighted by Gasteiger charge is -2.17. The number of anilines is 2. The van der Waals surface area contributed by atoms with Crippen LogP contribution in [0.4, 0.5) is 11.5 Å². The Bertz CT molecular complexity index is 1050. The minimum absolute atomic E-state index is 0.126. The van der Waals surface area contributed by atoms with Crippen LogP contribution in [-0.4, -0.2) is 17.4 Å². The maximum absolute atomic E-state index is 11.1. The number of nitrogens with one attached hydrogen (secondary N) is 1. The molecule has 0 saturated heterocycles. The van der Waals surface area contributed by atoms with Crippen LogP contribution in [-0.2, 0) is 11.2 Å². The number of hydrogen-bond donors (Lipinski definition) is 3. The van der Waals surface area contributed by atoms with Gasteiger partial charge in [0.25, 0.3) is 0 Å². The molecule has 2 aromatic carbocycles. The van der Waals surface area contributed by atoms with E-state index in [1.54, 1.807) is 12.1 Å². The molecule has 0 radical (unpaired) electrons. The third-order valence-corrected chi connectivity index (χ3v) is 5.34. The number of carbonyl (C=O) groups excluding carboxylic acids is 1. The molecule has 0 fully saturated rings. The Morgan fingerprint density at radius 3 is 2.55 bits per heavy atom. The van der Waals surface area contributed by atoms with Crippen molar-refractivity contribution in [1.82, 2.24) is 4.98 Å². The largest absolute Gasteiger partial charge is 0.454 e. The molecule has 150 valence electrons. The quantitative estimate of drug-likeness (QED) is 0.377. The SMILES string of the molecule is NC(=O)CNc1nc(P)c(Cl)c(Oc2ccc(N)cc2Cc2ccccc2)c1Cl. The molecule has 1 unspecified atom stereocenters. The Morgan fingerprint density at radius 2 is 1.86 bits per heavy atom. The summed E-state index contributed by atoms with van der Waals surface area (Å²) in [4.78, 5) is 15.3. The molecule has 0 aliphatic heterocycles. The van der Waals surface area contributed by atoms with E-state index in [9.17, 15) is 4.79 Å². The second kappa shape index (κ2) is 9.31. The van der Waals surface area contributed by atoms with E-state index in [1.165, 1.54) is 0 Å². The molecule has 6 nitrogen and oxygen atoms in total. The fourth-order valence-corrected chi connectivity index (χ4v) is 3.41. The number of benzene rings is 2. The maximum atomic E-state index is 11.1. The van der Waals surface area contributed by atoms with Crippen molar-refractivity contribution in [3.8, 4) is 11.5 Å². The second-order valence-electron chi connectivity index (χ2n) is 6.25. The number of rotatable bonds is 7. The molecule has 0 bridgehead atoms. The lowest BCUT2D eigenvalue weighted by Crippen LogP contribution is -2.23. The molecule has 29 heavy (non-hydrogen) atoms. The van der Waals surface area contributed by atoms with Crippen LogP contribution >= 0.6 is 32.4 Å². The average Bonchev–Trinajstić information content (AvgIpc) is 2.69. The molecule has 1 heterocycles. The Labute approximate surface area is 180 Å². The summed E-state index contributed by atoms with van der Waals surface area (Å²) in [5, 5.41) is 3.17. The summed E-state index contributed by atoms with van der Waals surface area (Å²) in [5.74, 6) is 0.479. The summed E-state index contributed by atoms with van der Waals surface area (Å²) >= 11 is 12.8. The molecule has 9 heteroatoms. The van der Waals surface area contributed by atoms with Crippen LogP contribution in [0.2, 0.25) is 10.0 Å². The highest BCUT2D eigenvalue weighted by molar-refractivity contribution is 7.27. The van der Waals surface area contributed by atoms with Crippen molar-refractivity contribution in [2.24, 2.45) is 5.73 Å². The highest BCUT2D eigenvalue weighted by Gasteiger charge is 2.19. The third-order valence-electron chi connectivity index (χ3n) is 4.03. The summed E-state index contributed by atoms with van der Waals surface area (Å²) < 4.78 is 6.10. The number of nitrogens with two attached hydrogens (primary N) is 2. The van der Waals surface area contributed by atoms with E-state index in [4.69, 9.17) is 39.4 Å². The van der Waals surface area contributed by atoms with Gasteiger partial charge < -0.3 is 21.5 Å². The number of primary amides is 1. The zero-order chi connectivity index (χ0) is 21.0. The molecule has 0 saturated carbocycles. The predicted molar refractivity (Wildman–Crippen MR) is 121 cm³/mol. The molecule has 1 amide bonds. The second-order valence-corrected chi connectivity index (χ2v) is 7.56. The van der Waals surface area contributed by atoms with Crippen LogP contribution in [0.1, 0.15) is 11.1 Å². The van der Waals surface area contributed by atoms with Crippen LogP contribution < -0.4 is 27.0 Å². The van der Waals surface area contributed by atoms with Gasteiger partial charge in [-0.2, -0.15) is 0 Å². The monoisotopic (exact) mass is 448 g/mol. The highest BCUT2D eigenvalue weighted by atomic mass is 35.5. The number of hydrogen-bond acceptors (Lipinski definition) is 5. The van der Waals surface area contributed by atoms with Crippen LogP contribution in [0, 0.1) is 0 Å². The summed E-state index contributed by atoms with van der Waals surface area (Å²) in [5.41, 5.74) is 14.2. The Balaban J connectivity index is 1.98. The first-order valence-corrected chi connectivity index (χ1v) is 9.95. The highest BCUT2D eigenvalue weighted by Crippen LogP contribution is 2.40. The van der Waals surface area contributed by atoms with Crippen molar-refractivity contribution < 1.29 is 9.53 Å². The minimum Gasteiger partial charge on any atom is -0.454 e. The van der Waals surface area contributed by atoms with Gasteiger partial charge in [0.2, 0.25) is 5.91 Å². The fourth-order valence-electron chi connectivity index (χ4n) is 2.68. The van der Waals surface area contributed by atoms with Crippen molar-refractivity contribution in [2.45, 2.75) is 6.42 Å². The molecule has 0 aliphatic rings. The molecule has 1 aromatic heterocycles. The molecular formula is C20H19Cl2N4O2P. The number of aromatic nitrogens is 1. The van der Waals surface area contributed by atoms with Crippen molar-refractivity contribution in [1.29, 1.82) is 0 Å². The zero-order valence-electron chi connectivity index (χ0n) is 15.3. The number of carbonyl (C=O) groups is 1. The minimum atomic E-state index is -0.547. The van der Waals surface area contributed by atoms with Gasteiger partial charge in [-0.25, -0.2) is 4.98 Å². The van der Waals surface area contributed by atoms with Crippen molar-refractivity contribution in [2.75, 3.05) is 17.6 Å². The Hall–Kier alpha value is -2.53. The first-order chi connectivity index (χ1) is 13.8. The summed E-state index contributed by atoms with van der Waals surface area (Å²) in [6.07, 6.45) is 0.613. The van der Waals surface area contributed by atoms with Gasteiger partial charge in [-0.05, 0) is 23.8 Å². The number of halogens is 2. The average molecular weight is 449 g/mol. The molecule has 3 aromatic rings. The number of nitrogens with zero attached hydrogens (tertiary/aromatic N) is 1. The van der Waals surface area contributed by atoms with E-state index in [2.05, 4.69) is 19.5 Å². The van der Waals surface area contributed by atoms with Crippen LogP contribution in [0.25, 0.3) is 0 Å². The van der Waals surface area contributed by atoms with Gasteiger partial charge in [0.15, 0.2) is 5.75 Å². The first kappa shape index (κ1) is 21.2. The van der Waals surface area contributed by atoms with Crippen molar-refractivity contribution in [3.05, 3.63) is 69.7 Å². The topological polar surface area (TPSA) is 103 Å². The van der Waals surface area contributed by atoms with E-state index in [1.807, 2.05) is 36.4 Å². The molecule has 0 spiro atoms. The van der Waals surface area contributed by atoms with Gasteiger partial charge in [-0.3, -0.25) is 4.79 Å². The van der Waals surface area contributed by atoms with Gasteiger partial charge >= 0.3 is 0 Å². The Kier molecular flexibility index (Phi) is 6.80. The van der Waals surface area contributed by atoms with Crippen molar-refractivity contribution in [3.63, 3.8) is 0 Å². The van der Waals surface area contributed by atoms with Crippen LogP contribution in [0.5, 0.6) is 11.5 Å². The van der Waals surface area contributed by atoms with E-state index in [-0.39, 0.29) is 28.2 Å². The summed E-state index contributed by atoms with van der Waals surface area (Å²) in [7, 11) is 2.41. The number of pyridine rings is 1. The first-order valence-electron chi connectivity index (χ1n) is 8.62.